The van der Waals surface area contributed by atoms with Crippen LogP contribution in [0.5, 0.6) is 0 Å². The summed E-state index contributed by atoms with van der Waals surface area (Å²) in [4.78, 5) is 52.1. The van der Waals surface area contributed by atoms with Crippen LogP contribution in [0.4, 0.5) is 0 Å². The van der Waals surface area contributed by atoms with Crippen LogP contribution < -0.4 is 33.1 Å². The molecule has 1 aromatic carbocycles. The minimum atomic E-state index is -0.428. The summed E-state index contributed by atoms with van der Waals surface area (Å²) in [6.07, 6.45) is 18.1. The topological polar surface area (TPSA) is 181 Å². The van der Waals surface area contributed by atoms with Gasteiger partial charge in [-0.2, -0.15) is 0 Å². The van der Waals surface area contributed by atoms with Gasteiger partial charge in [0.25, 0.3) is 0 Å². The molecule has 3 amide bonds. The minimum absolute atomic E-state index is 0.250. The molecule has 8 N–H and O–H groups in total. The smallest absolute Gasteiger partial charge is 0.243 e. The Bertz CT molecular complexity index is 1660. The van der Waals surface area contributed by atoms with E-state index in [2.05, 4.69) is 64.1 Å². The lowest BCUT2D eigenvalue weighted by Crippen LogP contribution is -2.51. The van der Waals surface area contributed by atoms with Crippen molar-refractivity contribution in [1.82, 2.24) is 20.1 Å². The molecule has 0 spiro atoms. The van der Waals surface area contributed by atoms with Crippen LogP contribution in [0, 0.1) is 11.8 Å². The molecule has 256 valence electrons. The lowest BCUT2D eigenvalue weighted by Gasteiger charge is -2.30. The van der Waals surface area contributed by atoms with Crippen LogP contribution in [-0.2, 0) is 20.9 Å². The number of hydrogen-bond acceptors (Lipinski definition) is 8. The van der Waals surface area contributed by atoms with Gasteiger partial charge in [0.1, 0.15) is 6.29 Å². The molecule has 3 heterocycles. The van der Waals surface area contributed by atoms with Crippen molar-refractivity contribution >= 4 is 36.8 Å². The summed E-state index contributed by atoms with van der Waals surface area (Å²) in [5, 5.41) is 4.52. The number of carbonyl (C=O) groups is 4. The van der Waals surface area contributed by atoms with Crippen LogP contribution in [0.3, 0.4) is 0 Å². The number of hydrogen-bond donors (Lipinski definition) is 5. The van der Waals surface area contributed by atoms with E-state index in [1.54, 1.807) is 18.5 Å². The summed E-state index contributed by atoms with van der Waals surface area (Å²) < 4.78 is 0. The Morgan fingerprint density at radius 2 is 1.94 bits per heavy atom. The maximum Gasteiger partial charge on any atom is 0.243 e. The fourth-order valence-electron chi connectivity index (χ4n) is 6.09. The van der Waals surface area contributed by atoms with E-state index in [1.165, 1.54) is 18.5 Å². The first-order chi connectivity index (χ1) is 23.3. The summed E-state index contributed by atoms with van der Waals surface area (Å²) in [6.45, 7) is 1.50. The Morgan fingerprint density at radius 1 is 1.15 bits per heavy atom. The molecule has 0 saturated carbocycles. The molecule has 0 bridgehead atoms. The fraction of sp³-hybridized carbons (Fsp3) is 0.405. The highest BCUT2D eigenvalue weighted by Gasteiger charge is 2.30. The quantitative estimate of drug-likeness (QED) is 0.0755. The number of likely N-dealkylation sites (tertiary alicyclic amines) is 1. The SMILES string of the molecule is CN(Cc1c(C#CCCCC(/C=C\CC/C=c2/[nH]c(C3CCCN3C)c/c2=C/N)=C/N)cccc1C=O)C1CCC(=O)NC1=O.NC=O. The molecule has 2 atom stereocenters. The van der Waals surface area contributed by atoms with Crippen LogP contribution in [0.2, 0.25) is 0 Å². The Hall–Kier alpha value is -4.92. The Labute approximate surface area is 283 Å². The number of aldehydes is 1. The van der Waals surface area contributed by atoms with Gasteiger partial charge in [-0.15, -0.1) is 0 Å². The fourth-order valence-corrected chi connectivity index (χ4v) is 6.09. The van der Waals surface area contributed by atoms with Gasteiger partial charge >= 0.3 is 0 Å². The van der Waals surface area contributed by atoms with Crippen LogP contribution >= 0.6 is 0 Å². The summed E-state index contributed by atoms with van der Waals surface area (Å²) in [5.41, 5.74) is 20.4. The van der Waals surface area contributed by atoms with Gasteiger partial charge in [-0.3, -0.25) is 34.3 Å². The highest BCUT2D eigenvalue weighted by atomic mass is 16.2. The van der Waals surface area contributed by atoms with Crippen LogP contribution in [0.1, 0.15) is 91.0 Å². The zero-order chi connectivity index (χ0) is 34.9. The van der Waals surface area contributed by atoms with E-state index in [1.807, 2.05) is 24.1 Å². The first-order valence-corrected chi connectivity index (χ1v) is 16.4. The largest absolute Gasteiger partial charge is 0.404 e. The van der Waals surface area contributed by atoms with E-state index >= 15 is 0 Å². The molecule has 2 saturated heterocycles. The molecule has 11 nitrogen and oxygen atoms in total. The average molecular weight is 656 g/mol. The molecule has 48 heavy (non-hydrogen) atoms. The van der Waals surface area contributed by atoms with Crippen molar-refractivity contribution in [3.63, 3.8) is 0 Å². The predicted molar refractivity (Wildman–Crippen MR) is 189 cm³/mol. The predicted octanol–water partition coefficient (Wildman–Crippen LogP) is 1.81. The third-order valence-electron chi connectivity index (χ3n) is 8.67. The van der Waals surface area contributed by atoms with Gasteiger partial charge < -0.3 is 22.2 Å². The second kappa shape index (κ2) is 19.7. The van der Waals surface area contributed by atoms with Crippen LogP contribution in [0.25, 0.3) is 12.3 Å². The monoisotopic (exact) mass is 655 g/mol. The molecule has 1 aromatic heterocycles. The number of primary amides is 1. The van der Waals surface area contributed by atoms with Crippen molar-refractivity contribution in [1.29, 1.82) is 0 Å². The molecule has 11 heteroatoms. The zero-order valence-electron chi connectivity index (χ0n) is 28.0. The standard InChI is InChI=1S/C36H46N6O3.CH3NO/c1-41-20-10-17-33(41)32-21-29(23-38)31(39-32)16-8-4-6-12-26(22-37)11-5-3-7-13-27-14-9-15-28(25-43)30(27)24-42(2)34-18-19-35(44)40-36(34)45;2-1-3/h6,9,12,14-16,21-23,25,33-34,39H,3-5,8,10-11,17-20,24,37-38H2,1-2H3,(H,40,44,45);1H,(H2,2,3)/b12-6-,26-22-,29-23-,31-16+;. The third kappa shape index (κ3) is 10.8. The highest BCUT2D eigenvalue weighted by molar-refractivity contribution is 6.00. The van der Waals surface area contributed by atoms with E-state index in [-0.39, 0.29) is 18.2 Å². The van der Waals surface area contributed by atoms with Gasteiger partial charge in [-0.25, -0.2) is 0 Å². The molecular weight excluding hydrogens is 606 g/mol. The van der Waals surface area contributed by atoms with Crippen molar-refractivity contribution in [2.75, 3.05) is 20.6 Å². The maximum absolute atomic E-state index is 12.3. The number of amides is 3. The first-order valence-electron chi connectivity index (χ1n) is 16.4. The lowest BCUT2D eigenvalue weighted by atomic mass is 9.99. The third-order valence-corrected chi connectivity index (χ3v) is 8.67. The second-order valence-corrected chi connectivity index (χ2v) is 12.0. The minimum Gasteiger partial charge on any atom is -0.404 e. The van der Waals surface area contributed by atoms with Crippen LogP contribution in [-0.4, -0.2) is 66.0 Å². The molecule has 2 aliphatic heterocycles. The lowest BCUT2D eigenvalue weighted by molar-refractivity contribution is -0.137. The Balaban J connectivity index is 0.00000201. The number of aromatic nitrogens is 1. The number of nitrogens with two attached hydrogens (primary N) is 3. The molecule has 2 aliphatic rings. The van der Waals surface area contributed by atoms with E-state index in [9.17, 15) is 14.4 Å². The van der Waals surface area contributed by atoms with Crippen molar-refractivity contribution < 1.29 is 19.2 Å². The van der Waals surface area contributed by atoms with Crippen molar-refractivity contribution in [2.24, 2.45) is 17.2 Å². The molecule has 2 unspecified atom stereocenters. The number of unbranched alkanes of at least 4 members (excludes halogenated alkanes) is 2. The van der Waals surface area contributed by atoms with E-state index in [0.29, 0.717) is 37.4 Å². The summed E-state index contributed by atoms with van der Waals surface area (Å²) in [7, 11) is 4.00. The molecule has 0 radical (unpaired) electrons. The average Bonchev–Trinajstić information content (AvgIpc) is 3.69. The number of nitrogens with zero attached hydrogens (tertiary/aromatic N) is 2. The molecule has 2 fully saturated rings. The van der Waals surface area contributed by atoms with Gasteiger partial charge in [0, 0.05) is 59.0 Å². The van der Waals surface area contributed by atoms with Gasteiger partial charge in [0.2, 0.25) is 18.2 Å². The number of allylic oxidation sites excluding steroid dienone is 3. The highest BCUT2D eigenvalue weighted by Crippen LogP contribution is 2.27. The van der Waals surface area contributed by atoms with Gasteiger partial charge in [0.05, 0.1) is 6.04 Å². The van der Waals surface area contributed by atoms with Crippen LogP contribution in [0.15, 0.2) is 48.2 Å². The van der Waals surface area contributed by atoms with Gasteiger partial charge in [0.15, 0.2) is 0 Å². The Kier molecular flexibility index (Phi) is 15.4. The summed E-state index contributed by atoms with van der Waals surface area (Å²) >= 11 is 0. The van der Waals surface area contributed by atoms with Crippen molar-refractivity contribution in [3.05, 3.63) is 81.1 Å². The normalized spacial score (nSPS) is 19.2. The summed E-state index contributed by atoms with van der Waals surface area (Å²) in [5.74, 6) is 5.92. The van der Waals surface area contributed by atoms with E-state index in [0.717, 1.165) is 65.8 Å². The van der Waals surface area contributed by atoms with Gasteiger partial charge in [-0.1, -0.05) is 42.2 Å². The zero-order valence-corrected chi connectivity index (χ0v) is 28.0. The summed E-state index contributed by atoms with van der Waals surface area (Å²) in [6, 6.07) is 7.65. The number of nitrogens with one attached hydrogen (secondary N) is 2. The molecular formula is C37H49N7O4. The second-order valence-electron chi connectivity index (χ2n) is 12.0. The number of benzene rings is 1. The van der Waals surface area contributed by atoms with Gasteiger partial charge in [-0.05, 0) is 95.1 Å². The number of aromatic amines is 1. The Morgan fingerprint density at radius 3 is 2.60 bits per heavy atom. The van der Waals surface area contributed by atoms with E-state index in [4.69, 9.17) is 16.3 Å². The number of piperidine rings is 1. The number of imide groups is 1. The van der Waals surface area contributed by atoms with E-state index < -0.39 is 6.04 Å². The van der Waals surface area contributed by atoms with Crippen molar-refractivity contribution in [3.8, 4) is 11.8 Å². The van der Waals surface area contributed by atoms with Crippen molar-refractivity contribution in [2.45, 2.75) is 76.4 Å². The molecule has 0 aliphatic carbocycles. The molecule has 4 rings (SSSR count). The number of likely N-dealkylation sites (N-methyl/N-ethyl adjacent to an activating group) is 1. The number of rotatable bonds is 12. The molecule has 2 aromatic rings. The first kappa shape index (κ1) is 37.5. The maximum atomic E-state index is 12.3. The number of carbonyl (C=O) groups excluding carboxylic acids is 4. The number of H-pyrrole nitrogens is 1.